The van der Waals surface area contributed by atoms with Crippen LogP contribution in [0.2, 0.25) is 0 Å². The Morgan fingerprint density at radius 3 is 2.44 bits per heavy atom. The Balaban J connectivity index is 0.00000261. The fraction of sp³-hybridized carbons (Fsp3) is 0.611. The number of carbonyl (C=O) groups excluding carboxylic acids is 1. The van der Waals surface area contributed by atoms with Gasteiger partial charge >= 0.3 is 0 Å². The number of halogens is 1. The molecule has 0 spiro atoms. The summed E-state index contributed by atoms with van der Waals surface area (Å²) in [5.41, 5.74) is 7.02. The Hall–Kier alpha value is -1.35. The first-order valence-corrected chi connectivity index (χ1v) is 10.6. The molecule has 1 atom stereocenters. The molecule has 0 radical (unpaired) electrons. The number of rotatable bonds is 7. The van der Waals surface area contributed by atoms with Gasteiger partial charge in [-0.25, -0.2) is 12.7 Å². The van der Waals surface area contributed by atoms with Gasteiger partial charge in [-0.1, -0.05) is 0 Å². The minimum atomic E-state index is -3.60. The minimum Gasteiger partial charge on any atom is -0.371 e. The van der Waals surface area contributed by atoms with Crippen LogP contribution in [0.1, 0.15) is 36.0 Å². The first kappa shape index (κ1) is 21.9. The van der Waals surface area contributed by atoms with Crippen LogP contribution >= 0.6 is 12.4 Å². The van der Waals surface area contributed by atoms with Crippen molar-refractivity contribution in [2.75, 3.05) is 38.6 Å². The highest BCUT2D eigenvalue weighted by molar-refractivity contribution is 7.89. The zero-order valence-electron chi connectivity index (χ0n) is 15.8. The summed E-state index contributed by atoms with van der Waals surface area (Å²) in [5, 5.41) is 3.02. The van der Waals surface area contributed by atoms with E-state index in [0.29, 0.717) is 18.0 Å². The third-order valence-corrected chi connectivity index (χ3v) is 7.01. The Morgan fingerprint density at radius 2 is 1.93 bits per heavy atom. The van der Waals surface area contributed by atoms with Crippen molar-refractivity contribution in [2.24, 2.45) is 11.7 Å². The normalized spacial score (nSPS) is 18.3. The number of carbonyl (C=O) groups is 1. The van der Waals surface area contributed by atoms with E-state index in [4.69, 9.17) is 5.73 Å². The third kappa shape index (κ3) is 4.74. The van der Waals surface area contributed by atoms with E-state index in [1.807, 2.05) is 0 Å². The van der Waals surface area contributed by atoms with Crippen LogP contribution in [0, 0.1) is 5.92 Å². The van der Waals surface area contributed by atoms with Crippen LogP contribution in [-0.2, 0) is 10.0 Å². The van der Waals surface area contributed by atoms with E-state index in [1.54, 1.807) is 12.1 Å². The maximum absolute atomic E-state index is 13.0. The first-order valence-electron chi connectivity index (χ1n) is 9.17. The number of nitrogens with zero attached hydrogens (tertiary/aromatic N) is 2. The Kier molecular flexibility index (Phi) is 7.13. The highest BCUT2D eigenvalue weighted by Gasteiger charge is 2.32. The zero-order chi connectivity index (χ0) is 18.9. The number of nitrogens with one attached hydrogen (secondary N) is 1. The number of anilines is 1. The van der Waals surface area contributed by atoms with Crippen molar-refractivity contribution in [3.8, 4) is 0 Å². The minimum absolute atomic E-state index is 0. The van der Waals surface area contributed by atoms with Gasteiger partial charge in [0, 0.05) is 45.5 Å². The molecule has 9 heteroatoms. The van der Waals surface area contributed by atoms with E-state index in [-0.39, 0.29) is 29.3 Å². The summed E-state index contributed by atoms with van der Waals surface area (Å²) in [6.45, 7) is 2.15. The van der Waals surface area contributed by atoms with Crippen molar-refractivity contribution < 1.29 is 13.2 Å². The lowest BCUT2D eigenvalue weighted by atomic mass is 10.1. The number of amides is 1. The lowest BCUT2D eigenvalue weighted by Crippen LogP contribution is -2.42. The maximum atomic E-state index is 13.0. The van der Waals surface area contributed by atoms with Gasteiger partial charge in [-0.15, -0.1) is 12.4 Å². The van der Waals surface area contributed by atoms with Gasteiger partial charge in [-0.05, 0) is 49.8 Å². The lowest BCUT2D eigenvalue weighted by Gasteiger charge is -2.24. The van der Waals surface area contributed by atoms with Crippen LogP contribution in [0.5, 0.6) is 0 Å². The average molecular weight is 417 g/mol. The largest absolute Gasteiger partial charge is 0.371 e. The molecule has 1 unspecified atom stereocenters. The third-order valence-electron chi connectivity index (χ3n) is 5.20. The van der Waals surface area contributed by atoms with Gasteiger partial charge in [0.15, 0.2) is 0 Å². The molecular formula is C18H29ClN4O3S. The molecule has 1 aromatic carbocycles. The van der Waals surface area contributed by atoms with E-state index in [1.165, 1.54) is 20.2 Å². The number of nitrogens with two attached hydrogens (primary N) is 1. The molecule has 3 N–H and O–H groups in total. The number of benzene rings is 1. The predicted molar refractivity (Wildman–Crippen MR) is 109 cm³/mol. The fourth-order valence-electron chi connectivity index (χ4n) is 3.42. The molecule has 152 valence electrons. The summed E-state index contributed by atoms with van der Waals surface area (Å²) in [7, 11) is -0.627. The van der Waals surface area contributed by atoms with Gasteiger partial charge in [-0.3, -0.25) is 4.79 Å². The molecular weight excluding hydrogens is 388 g/mol. The van der Waals surface area contributed by atoms with Gasteiger partial charge < -0.3 is 16.0 Å². The van der Waals surface area contributed by atoms with Crippen LogP contribution in [0.15, 0.2) is 23.1 Å². The second-order valence-electron chi connectivity index (χ2n) is 7.31. The van der Waals surface area contributed by atoms with Crippen LogP contribution in [-0.4, -0.2) is 58.4 Å². The van der Waals surface area contributed by atoms with E-state index in [2.05, 4.69) is 10.2 Å². The molecule has 27 heavy (non-hydrogen) atoms. The van der Waals surface area contributed by atoms with Crippen molar-refractivity contribution >= 4 is 34.0 Å². The molecule has 2 fully saturated rings. The summed E-state index contributed by atoms with van der Waals surface area (Å²) in [5.74, 6) is 0.193. The topological polar surface area (TPSA) is 95.7 Å². The molecule has 1 aliphatic heterocycles. The second kappa shape index (κ2) is 8.77. The molecule has 7 nitrogen and oxygen atoms in total. The fourth-order valence-corrected chi connectivity index (χ4v) is 4.34. The van der Waals surface area contributed by atoms with Crippen molar-refractivity contribution in [3.05, 3.63) is 23.8 Å². The second-order valence-corrected chi connectivity index (χ2v) is 9.47. The molecule has 1 saturated carbocycles. The van der Waals surface area contributed by atoms with Crippen LogP contribution in [0.3, 0.4) is 0 Å². The van der Waals surface area contributed by atoms with Crippen molar-refractivity contribution in [2.45, 2.75) is 36.6 Å². The van der Waals surface area contributed by atoms with Crippen molar-refractivity contribution in [3.63, 3.8) is 0 Å². The highest BCUT2D eigenvalue weighted by Crippen LogP contribution is 2.33. The predicted octanol–water partition coefficient (Wildman–Crippen LogP) is 1.43. The van der Waals surface area contributed by atoms with Gasteiger partial charge in [-0.2, -0.15) is 0 Å². The zero-order valence-corrected chi connectivity index (χ0v) is 17.5. The molecule has 1 saturated heterocycles. The van der Waals surface area contributed by atoms with Gasteiger partial charge in [0.05, 0.1) is 10.5 Å². The molecule has 1 aliphatic carbocycles. The number of hydrogen-bond donors (Lipinski definition) is 2. The molecule has 1 amide bonds. The van der Waals surface area contributed by atoms with Crippen molar-refractivity contribution in [1.82, 2.24) is 9.62 Å². The van der Waals surface area contributed by atoms with E-state index < -0.39 is 10.0 Å². The summed E-state index contributed by atoms with van der Waals surface area (Å²) >= 11 is 0. The molecule has 3 rings (SSSR count). The Morgan fingerprint density at radius 1 is 1.30 bits per heavy atom. The SMILES string of the molecule is CN(C)S(=O)(=O)c1ccc(N2CCCC2)c(C(=O)NC(CN)C2CC2)c1.Cl. The Labute approximate surface area is 167 Å². The van der Waals surface area contributed by atoms with Gasteiger partial charge in [0.25, 0.3) is 5.91 Å². The number of sulfonamides is 1. The molecule has 1 heterocycles. The summed E-state index contributed by atoms with van der Waals surface area (Å²) in [6.07, 6.45) is 4.31. The maximum Gasteiger partial charge on any atom is 0.253 e. The average Bonchev–Trinajstić information content (AvgIpc) is 3.32. The lowest BCUT2D eigenvalue weighted by molar-refractivity contribution is 0.0934. The monoisotopic (exact) mass is 416 g/mol. The van der Waals surface area contributed by atoms with E-state index in [9.17, 15) is 13.2 Å². The molecule has 0 aromatic heterocycles. The smallest absolute Gasteiger partial charge is 0.253 e. The Bertz CT molecular complexity index is 775. The van der Waals surface area contributed by atoms with Gasteiger partial charge in [0.2, 0.25) is 10.0 Å². The first-order chi connectivity index (χ1) is 12.3. The van der Waals surface area contributed by atoms with Crippen LogP contribution in [0.4, 0.5) is 5.69 Å². The van der Waals surface area contributed by atoms with E-state index >= 15 is 0 Å². The summed E-state index contributed by atoms with van der Waals surface area (Å²) in [6, 6.07) is 4.79. The quantitative estimate of drug-likeness (QED) is 0.700. The highest BCUT2D eigenvalue weighted by atomic mass is 35.5. The van der Waals surface area contributed by atoms with Crippen LogP contribution in [0.25, 0.3) is 0 Å². The molecule has 1 aromatic rings. The van der Waals surface area contributed by atoms with Crippen molar-refractivity contribution in [1.29, 1.82) is 0 Å². The van der Waals surface area contributed by atoms with Crippen LogP contribution < -0.4 is 16.0 Å². The summed E-state index contributed by atoms with van der Waals surface area (Å²) < 4.78 is 26.2. The standard InChI is InChI=1S/C18H28N4O3S.ClH/c1-21(2)26(24,25)14-7-8-17(22-9-3-4-10-22)15(11-14)18(23)20-16(12-19)13-5-6-13;/h7-8,11,13,16H,3-6,9-10,12,19H2,1-2H3,(H,20,23);1H. The number of hydrogen-bond acceptors (Lipinski definition) is 5. The summed E-state index contributed by atoms with van der Waals surface area (Å²) in [4.78, 5) is 15.3. The molecule has 2 aliphatic rings. The molecule has 0 bridgehead atoms. The van der Waals surface area contributed by atoms with E-state index in [0.717, 1.165) is 48.8 Å². The van der Waals surface area contributed by atoms with Gasteiger partial charge in [0.1, 0.15) is 0 Å².